The standard InChI is InChI=1S/C7H15.BrH.Sn/c1-4-7(5-2)6-3;;/h4-6H2,1-3H3;1H;/q;;+1/p-1. The zero-order valence-electron chi connectivity index (χ0n) is 6.50. The van der Waals surface area contributed by atoms with Crippen molar-refractivity contribution in [1.29, 1.82) is 0 Å². The maximum atomic E-state index is 3.72. The first-order valence-electron chi connectivity index (χ1n) is 3.62. The molecule has 0 aliphatic rings. The zero-order valence-corrected chi connectivity index (χ0v) is 10.9. The second-order valence-corrected chi connectivity index (χ2v) is 8.66. The van der Waals surface area contributed by atoms with Gasteiger partial charge in [0.15, 0.2) is 0 Å². The summed E-state index contributed by atoms with van der Waals surface area (Å²) in [7, 11) is 0. The molecule has 0 bridgehead atoms. The number of hydrogen-bond donors (Lipinski definition) is 0. The Morgan fingerprint density at radius 1 is 1.11 bits per heavy atom. The van der Waals surface area contributed by atoms with Crippen LogP contribution in [0, 0.1) is 0 Å². The van der Waals surface area contributed by atoms with Crippen molar-refractivity contribution in [1.82, 2.24) is 0 Å². The Bertz CT molecular complexity index is 51.8. The van der Waals surface area contributed by atoms with Crippen molar-refractivity contribution in [2.75, 3.05) is 0 Å². The molecule has 0 saturated heterocycles. The normalized spacial score (nSPS) is 12.0. The van der Waals surface area contributed by atoms with E-state index in [9.17, 15) is 0 Å². The van der Waals surface area contributed by atoms with Crippen LogP contribution in [0.3, 0.4) is 0 Å². The predicted octanol–water partition coefficient (Wildman–Crippen LogP) is 3.39. The van der Waals surface area contributed by atoms with E-state index in [0.29, 0.717) is 0 Å². The van der Waals surface area contributed by atoms with Crippen LogP contribution in [-0.4, -0.2) is 18.9 Å². The van der Waals surface area contributed by atoms with Gasteiger partial charge in [-0.1, -0.05) is 0 Å². The fourth-order valence-corrected chi connectivity index (χ4v) is 7.74. The van der Waals surface area contributed by atoms with Crippen LogP contribution in [0.4, 0.5) is 0 Å². The van der Waals surface area contributed by atoms with Gasteiger partial charge < -0.3 is 0 Å². The minimum atomic E-state index is -0.218. The van der Waals surface area contributed by atoms with Gasteiger partial charge in [-0.05, 0) is 0 Å². The van der Waals surface area contributed by atoms with Crippen molar-refractivity contribution in [3.63, 3.8) is 0 Å². The summed E-state index contributed by atoms with van der Waals surface area (Å²) in [6.45, 7) is 6.94. The van der Waals surface area contributed by atoms with E-state index in [1.54, 1.807) is 0 Å². The van der Waals surface area contributed by atoms with E-state index in [1.165, 1.54) is 19.3 Å². The Balaban J connectivity index is 3.82. The summed E-state index contributed by atoms with van der Waals surface area (Å²) in [6, 6.07) is 0. The summed E-state index contributed by atoms with van der Waals surface area (Å²) >= 11 is 3.51. The maximum absolute atomic E-state index is 3.72. The average molecular weight is 298 g/mol. The van der Waals surface area contributed by atoms with Gasteiger partial charge in [-0.3, -0.25) is 0 Å². The van der Waals surface area contributed by atoms with Gasteiger partial charge >= 0.3 is 75.1 Å². The Labute approximate surface area is 74.8 Å². The van der Waals surface area contributed by atoms with Crippen molar-refractivity contribution < 1.29 is 0 Å². The van der Waals surface area contributed by atoms with Crippen LogP contribution < -0.4 is 0 Å². The van der Waals surface area contributed by atoms with E-state index in [0.717, 1.165) is 3.43 Å². The molecular formula is C7H15BrSn. The fraction of sp³-hybridized carbons (Fsp3) is 1.00. The van der Waals surface area contributed by atoms with Gasteiger partial charge in [0.05, 0.1) is 0 Å². The van der Waals surface area contributed by atoms with Gasteiger partial charge in [0, 0.05) is 0 Å². The van der Waals surface area contributed by atoms with Crippen LogP contribution in [-0.2, 0) is 0 Å². The molecule has 0 heterocycles. The molecule has 0 fully saturated rings. The first kappa shape index (κ1) is 10.3. The Morgan fingerprint density at radius 3 is 1.44 bits per heavy atom. The van der Waals surface area contributed by atoms with Gasteiger partial charge in [-0.2, -0.15) is 0 Å². The molecule has 9 heavy (non-hydrogen) atoms. The molecule has 0 amide bonds. The number of halogens is 1. The minimum absolute atomic E-state index is 0.218. The van der Waals surface area contributed by atoms with Gasteiger partial charge in [0.25, 0.3) is 0 Å². The zero-order chi connectivity index (χ0) is 7.33. The SMILES string of the molecule is CC[C](CC)(CC)[Sn][Br]. The van der Waals surface area contributed by atoms with E-state index in [-0.39, 0.29) is 18.9 Å². The average Bonchev–Trinajstić information content (AvgIpc) is 1.95. The topological polar surface area (TPSA) is 0 Å². The molecule has 2 radical (unpaired) electrons. The van der Waals surface area contributed by atoms with Crippen LogP contribution in [0.25, 0.3) is 0 Å². The second-order valence-electron chi connectivity index (χ2n) is 2.44. The van der Waals surface area contributed by atoms with E-state index in [4.69, 9.17) is 0 Å². The Morgan fingerprint density at radius 2 is 1.44 bits per heavy atom. The third-order valence-electron chi connectivity index (χ3n) is 2.23. The molecule has 0 N–H and O–H groups in total. The quantitative estimate of drug-likeness (QED) is 0.698. The summed E-state index contributed by atoms with van der Waals surface area (Å²) in [6.07, 6.45) is 4.12. The second kappa shape index (κ2) is 5.00. The van der Waals surface area contributed by atoms with Gasteiger partial charge in [-0.25, -0.2) is 0 Å². The van der Waals surface area contributed by atoms with E-state index in [1.807, 2.05) is 0 Å². The van der Waals surface area contributed by atoms with Crippen LogP contribution >= 0.6 is 12.7 Å². The molecule has 0 rings (SSSR count). The summed E-state index contributed by atoms with van der Waals surface area (Å²) in [5.41, 5.74) is 0. The van der Waals surface area contributed by atoms with E-state index in [2.05, 4.69) is 33.5 Å². The van der Waals surface area contributed by atoms with Gasteiger partial charge in [-0.15, -0.1) is 0 Å². The van der Waals surface area contributed by atoms with Crippen LogP contribution in [0.2, 0.25) is 3.43 Å². The van der Waals surface area contributed by atoms with Gasteiger partial charge in [0.2, 0.25) is 0 Å². The molecule has 54 valence electrons. The Kier molecular flexibility index (Phi) is 5.71. The molecule has 2 heteroatoms. The molecule has 0 aliphatic heterocycles. The summed E-state index contributed by atoms with van der Waals surface area (Å²) in [4.78, 5) is 0. The van der Waals surface area contributed by atoms with Gasteiger partial charge in [0.1, 0.15) is 0 Å². The summed E-state index contributed by atoms with van der Waals surface area (Å²) in [5, 5.41) is 0. The molecule has 0 aliphatic carbocycles. The van der Waals surface area contributed by atoms with Crippen LogP contribution in [0.5, 0.6) is 0 Å². The third-order valence-corrected chi connectivity index (χ3v) is 12.0. The first-order valence-corrected chi connectivity index (χ1v) is 11.4. The summed E-state index contributed by atoms with van der Waals surface area (Å²) < 4.78 is 0.753. The first-order chi connectivity index (χ1) is 4.24. The van der Waals surface area contributed by atoms with E-state index < -0.39 is 0 Å². The number of rotatable bonds is 4. The van der Waals surface area contributed by atoms with Crippen molar-refractivity contribution in [2.45, 2.75) is 43.5 Å². The van der Waals surface area contributed by atoms with E-state index >= 15 is 0 Å². The molecule has 0 spiro atoms. The molecule has 0 aromatic rings. The molecule has 0 aromatic carbocycles. The molecule has 0 saturated carbocycles. The summed E-state index contributed by atoms with van der Waals surface area (Å²) in [5.74, 6) is 0. The number of hydrogen-bond acceptors (Lipinski definition) is 0. The monoisotopic (exact) mass is 298 g/mol. The third kappa shape index (κ3) is 2.79. The molecule has 0 atom stereocenters. The van der Waals surface area contributed by atoms with Crippen molar-refractivity contribution in [3.8, 4) is 0 Å². The van der Waals surface area contributed by atoms with Crippen molar-refractivity contribution >= 4 is 31.6 Å². The molecular weight excluding hydrogens is 283 g/mol. The molecule has 0 aromatic heterocycles. The fourth-order valence-electron chi connectivity index (χ4n) is 0.950. The predicted molar refractivity (Wildman–Crippen MR) is 48.2 cm³/mol. The van der Waals surface area contributed by atoms with Crippen molar-refractivity contribution in [2.24, 2.45) is 0 Å². The van der Waals surface area contributed by atoms with Crippen LogP contribution in [0.15, 0.2) is 0 Å². The van der Waals surface area contributed by atoms with Crippen LogP contribution in [0.1, 0.15) is 40.0 Å². The van der Waals surface area contributed by atoms with Crippen molar-refractivity contribution in [3.05, 3.63) is 0 Å². The molecule has 0 nitrogen and oxygen atoms in total. The Hall–Kier alpha value is 1.28. The molecule has 0 unspecified atom stereocenters.